The standard InChI is InChI=1S/C19H24BrFN2O2/c1-18(2,3)25-17(24)22-11-8-19(21,9-12-22)13-23-10-7-14-15(20)5-4-6-16(14)23/h4-7,10H,8-9,11-13H2,1-3H3. The van der Waals surface area contributed by atoms with Crippen molar-refractivity contribution in [2.75, 3.05) is 13.1 Å². The van der Waals surface area contributed by atoms with Crippen molar-refractivity contribution in [3.63, 3.8) is 0 Å². The average Bonchev–Trinajstić information content (AvgIpc) is 2.90. The van der Waals surface area contributed by atoms with Crippen LogP contribution in [0.2, 0.25) is 0 Å². The van der Waals surface area contributed by atoms with E-state index in [-0.39, 0.29) is 6.09 Å². The second-order valence-corrected chi connectivity index (χ2v) is 8.59. The Balaban J connectivity index is 1.66. The zero-order valence-corrected chi connectivity index (χ0v) is 16.5. The summed E-state index contributed by atoms with van der Waals surface area (Å²) in [5, 5.41) is 1.08. The summed E-state index contributed by atoms with van der Waals surface area (Å²) < 4.78 is 23.7. The summed E-state index contributed by atoms with van der Waals surface area (Å²) in [6.45, 7) is 6.58. The van der Waals surface area contributed by atoms with E-state index in [4.69, 9.17) is 4.74 Å². The van der Waals surface area contributed by atoms with Crippen LogP contribution in [0.5, 0.6) is 0 Å². The molecule has 1 amide bonds. The molecule has 0 saturated carbocycles. The number of amides is 1. The van der Waals surface area contributed by atoms with Gasteiger partial charge in [0.15, 0.2) is 0 Å². The molecule has 0 aliphatic carbocycles. The second kappa shape index (κ2) is 6.63. The molecule has 0 bridgehead atoms. The third kappa shape index (κ3) is 4.17. The van der Waals surface area contributed by atoms with Crippen molar-refractivity contribution in [1.82, 2.24) is 9.47 Å². The SMILES string of the molecule is CC(C)(C)OC(=O)N1CCC(F)(Cn2ccc3c(Br)cccc32)CC1. The number of aromatic nitrogens is 1. The minimum Gasteiger partial charge on any atom is -0.444 e. The maximum atomic E-state index is 15.3. The van der Waals surface area contributed by atoms with Gasteiger partial charge in [0.25, 0.3) is 0 Å². The highest BCUT2D eigenvalue weighted by Gasteiger charge is 2.37. The van der Waals surface area contributed by atoms with E-state index in [2.05, 4.69) is 15.9 Å². The molecule has 3 rings (SSSR count). The maximum Gasteiger partial charge on any atom is 0.410 e. The topological polar surface area (TPSA) is 34.5 Å². The second-order valence-electron chi connectivity index (χ2n) is 7.73. The number of likely N-dealkylation sites (tertiary alicyclic amines) is 1. The summed E-state index contributed by atoms with van der Waals surface area (Å²) >= 11 is 3.53. The van der Waals surface area contributed by atoms with Crippen molar-refractivity contribution in [2.24, 2.45) is 0 Å². The van der Waals surface area contributed by atoms with Crippen LogP contribution in [-0.4, -0.2) is 39.9 Å². The number of halogens is 2. The fraction of sp³-hybridized carbons (Fsp3) is 0.526. The van der Waals surface area contributed by atoms with E-state index in [1.54, 1.807) is 4.90 Å². The molecule has 1 aromatic carbocycles. The summed E-state index contributed by atoms with van der Waals surface area (Å²) in [4.78, 5) is 13.7. The molecule has 1 saturated heterocycles. The van der Waals surface area contributed by atoms with Crippen LogP contribution in [-0.2, 0) is 11.3 Å². The van der Waals surface area contributed by atoms with Crippen molar-refractivity contribution in [1.29, 1.82) is 0 Å². The van der Waals surface area contributed by atoms with E-state index in [0.29, 0.717) is 32.5 Å². The molecule has 1 aromatic heterocycles. The number of fused-ring (bicyclic) bond motifs is 1. The Morgan fingerprint density at radius 2 is 1.96 bits per heavy atom. The van der Waals surface area contributed by atoms with Crippen LogP contribution in [0.1, 0.15) is 33.6 Å². The molecule has 0 radical (unpaired) electrons. The van der Waals surface area contributed by atoms with Gasteiger partial charge in [-0.25, -0.2) is 9.18 Å². The summed E-state index contributed by atoms with van der Waals surface area (Å²) in [7, 11) is 0. The van der Waals surface area contributed by atoms with Crippen LogP contribution in [0.4, 0.5) is 9.18 Å². The monoisotopic (exact) mass is 410 g/mol. The number of alkyl halides is 1. The number of hydrogen-bond acceptors (Lipinski definition) is 2. The third-order valence-electron chi connectivity index (χ3n) is 4.53. The molecule has 0 unspecified atom stereocenters. The van der Waals surface area contributed by atoms with Crippen molar-refractivity contribution >= 4 is 32.9 Å². The highest BCUT2D eigenvalue weighted by molar-refractivity contribution is 9.10. The molecule has 2 aromatic rings. The van der Waals surface area contributed by atoms with Crippen molar-refractivity contribution in [3.8, 4) is 0 Å². The Morgan fingerprint density at radius 1 is 1.28 bits per heavy atom. The number of ether oxygens (including phenoxy) is 1. The summed E-state index contributed by atoms with van der Waals surface area (Å²) in [6.07, 6.45) is 2.21. The number of rotatable bonds is 2. The largest absolute Gasteiger partial charge is 0.444 e. The van der Waals surface area contributed by atoms with E-state index >= 15 is 4.39 Å². The first-order chi connectivity index (χ1) is 11.7. The van der Waals surface area contributed by atoms with E-state index in [1.807, 2.05) is 55.8 Å². The number of carbonyl (C=O) groups excluding carboxylic acids is 1. The maximum absolute atomic E-state index is 15.3. The number of piperidine rings is 1. The Morgan fingerprint density at radius 3 is 2.60 bits per heavy atom. The normalized spacial score (nSPS) is 17.7. The number of nitrogens with zero attached hydrogens (tertiary/aromatic N) is 2. The van der Waals surface area contributed by atoms with Gasteiger partial charge in [0.1, 0.15) is 11.3 Å². The summed E-state index contributed by atoms with van der Waals surface area (Å²) in [5.41, 5.74) is -0.827. The quantitative estimate of drug-likeness (QED) is 0.686. The molecule has 0 N–H and O–H groups in total. The van der Waals surface area contributed by atoms with E-state index in [9.17, 15) is 4.79 Å². The molecule has 0 spiro atoms. The molecule has 2 heterocycles. The molecule has 0 atom stereocenters. The molecule has 4 nitrogen and oxygen atoms in total. The van der Waals surface area contributed by atoms with E-state index in [0.717, 1.165) is 15.4 Å². The van der Waals surface area contributed by atoms with Crippen LogP contribution in [0.25, 0.3) is 10.9 Å². The van der Waals surface area contributed by atoms with Crippen molar-refractivity contribution in [3.05, 3.63) is 34.9 Å². The third-order valence-corrected chi connectivity index (χ3v) is 5.22. The molecular weight excluding hydrogens is 387 g/mol. The lowest BCUT2D eigenvalue weighted by molar-refractivity contribution is -0.000255. The first-order valence-corrected chi connectivity index (χ1v) is 9.36. The average molecular weight is 411 g/mol. The van der Waals surface area contributed by atoms with Crippen molar-refractivity contribution in [2.45, 2.75) is 51.4 Å². The van der Waals surface area contributed by atoms with Gasteiger partial charge in [-0.15, -0.1) is 0 Å². The van der Waals surface area contributed by atoms with Crippen LogP contribution in [0, 0.1) is 0 Å². The lowest BCUT2D eigenvalue weighted by atomic mass is 9.93. The molecular formula is C19H24BrFN2O2. The van der Waals surface area contributed by atoms with E-state index in [1.165, 1.54) is 0 Å². The number of carbonyl (C=O) groups is 1. The molecule has 25 heavy (non-hydrogen) atoms. The van der Waals surface area contributed by atoms with Crippen LogP contribution < -0.4 is 0 Å². The Labute approximate surface area is 156 Å². The Bertz CT molecular complexity index is 773. The molecule has 136 valence electrons. The Kier molecular flexibility index (Phi) is 4.84. The summed E-state index contributed by atoms with van der Waals surface area (Å²) in [6, 6.07) is 7.94. The molecule has 6 heteroatoms. The van der Waals surface area contributed by atoms with E-state index < -0.39 is 11.3 Å². The van der Waals surface area contributed by atoms with Crippen molar-refractivity contribution < 1.29 is 13.9 Å². The highest BCUT2D eigenvalue weighted by Crippen LogP contribution is 2.32. The number of benzene rings is 1. The van der Waals surface area contributed by atoms with Gasteiger partial charge in [-0.3, -0.25) is 0 Å². The van der Waals surface area contributed by atoms with Gasteiger partial charge in [-0.1, -0.05) is 22.0 Å². The van der Waals surface area contributed by atoms with Gasteiger partial charge in [-0.05, 0) is 39.0 Å². The van der Waals surface area contributed by atoms with Crippen LogP contribution in [0.15, 0.2) is 34.9 Å². The van der Waals surface area contributed by atoms with Crippen LogP contribution in [0.3, 0.4) is 0 Å². The van der Waals surface area contributed by atoms with Gasteiger partial charge in [-0.2, -0.15) is 0 Å². The Hall–Kier alpha value is -1.56. The number of hydrogen-bond donors (Lipinski definition) is 0. The van der Waals surface area contributed by atoms with Gasteiger partial charge < -0.3 is 14.2 Å². The first kappa shape index (κ1) is 18.2. The van der Waals surface area contributed by atoms with Gasteiger partial charge in [0, 0.05) is 47.5 Å². The van der Waals surface area contributed by atoms with Gasteiger partial charge in [0.2, 0.25) is 0 Å². The molecule has 1 fully saturated rings. The fourth-order valence-electron chi connectivity index (χ4n) is 3.20. The molecule has 1 aliphatic heterocycles. The fourth-order valence-corrected chi connectivity index (χ4v) is 3.69. The van der Waals surface area contributed by atoms with Crippen LogP contribution >= 0.6 is 15.9 Å². The smallest absolute Gasteiger partial charge is 0.410 e. The highest BCUT2D eigenvalue weighted by atomic mass is 79.9. The predicted molar refractivity (Wildman–Crippen MR) is 101 cm³/mol. The minimum atomic E-state index is -1.31. The summed E-state index contributed by atoms with van der Waals surface area (Å²) in [5.74, 6) is 0. The lowest BCUT2D eigenvalue weighted by Crippen LogP contribution is -2.47. The predicted octanol–water partition coefficient (Wildman–Crippen LogP) is 5.14. The zero-order chi connectivity index (χ0) is 18.2. The minimum absolute atomic E-state index is 0.301. The molecule has 1 aliphatic rings. The van der Waals surface area contributed by atoms with Gasteiger partial charge >= 0.3 is 6.09 Å². The first-order valence-electron chi connectivity index (χ1n) is 8.57. The van der Waals surface area contributed by atoms with Gasteiger partial charge in [0.05, 0.1) is 6.54 Å². The lowest BCUT2D eigenvalue weighted by Gasteiger charge is -2.37. The zero-order valence-electron chi connectivity index (χ0n) is 14.9.